The number of nitrogens with one attached hydrogen (secondary N) is 1. The molecule has 0 saturated carbocycles. The van der Waals surface area contributed by atoms with Crippen molar-refractivity contribution in [2.45, 2.75) is 31.2 Å². The van der Waals surface area contributed by atoms with Gasteiger partial charge >= 0.3 is 0 Å². The number of carbonyl (C=O) groups excluding carboxylic acids is 1. The van der Waals surface area contributed by atoms with E-state index in [2.05, 4.69) is 25.4 Å². The van der Waals surface area contributed by atoms with Crippen LogP contribution in [0.15, 0.2) is 41.7 Å². The molecule has 3 rings (SSSR count). The fourth-order valence-corrected chi connectivity index (χ4v) is 3.29. The minimum absolute atomic E-state index is 0.131. The molecule has 1 amide bonds. The summed E-state index contributed by atoms with van der Waals surface area (Å²) < 4.78 is 1.63. The van der Waals surface area contributed by atoms with Crippen LogP contribution >= 0.6 is 11.8 Å². The normalized spacial score (nSPS) is 12.0. The van der Waals surface area contributed by atoms with Crippen molar-refractivity contribution >= 4 is 23.5 Å². The van der Waals surface area contributed by atoms with Gasteiger partial charge in [0.2, 0.25) is 5.91 Å². The van der Waals surface area contributed by atoms with Crippen LogP contribution in [0.25, 0.3) is 11.4 Å². The highest BCUT2D eigenvalue weighted by molar-refractivity contribution is 8.00. The number of aromatic nitrogens is 5. The largest absolute Gasteiger partial charge is 0.310 e. The summed E-state index contributed by atoms with van der Waals surface area (Å²) in [6, 6.07) is 9.35. The molecule has 0 aromatic carbocycles. The monoisotopic (exact) mass is 368 g/mol. The Balaban J connectivity index is 1.70. The third-order valence-electron chi connectivity index (χ3n) is 3.67. The van der Waals surface area contributed by atoms with E-state index in [0.717, 1.165) is 17.1 Å². The van der Waals surface area contributed by atoms with Crippen molar-refractivity contribution < 1.29 is 4.79 Å². The number of pyridine rings is 1. The highest BCUT2D eigenvalue weighted by atomic mass is 32.2. The van der Waals surface area contributed by atoms with Crippen LogP contribution in [0.2, 0.25) is 0 Å². The van der Waals surface area contributed by atoms with Gasteiger partial charge in [0, 0.05) is 30.7 Å². The zero-order valence-corrected chi connectivity index (χ0v) is 15.9. The summed E-state index contributed by atoms with van der Waals surface area (Å²) in [5.41, 5.74) is 3.24. The Morgan fingerprint density at radius 2 is 1.88 bits per heavy atom. The molecule has 0 bridgehead atoms. The van der Waals surface area contributed by atoms with Crippen LogP contribution in [0.3, 0.4) is 0 Å². The molecule has 1 atom stereocenters. The van der Waals surface area contributed by atoms with Gasteiger partial charge < -0.3 is 5.32 Å². The quantitative estimate of drug-likeness (QED) is 0.550. The average Bonchev–Trinajstić information content (AvgIpc) is 2.95. The summed E-state index contributed by atoms with van der Waals surface area (Å²) in [7, 11) is 1.78. The molecule has 26 heavy (non-hydrogen) atoms. The lowest BCUT2D eigenvalue weighted by Gasteiger charge is -2.11. The Morgan fingerprint density at radius 3 is 2.54 bits per heavy atom. The lowest BCUT2D eigenvalue weighted by Crippen LogP contribution is -2.24. The molecule has 1 N–H and O–H groups in total. The maximum absolute atomic E-state index is 12.5. The number of nitrogens with zero attached hydrogens (tertiary/aromatic N) is 5. The predicted octanol–water partition coefficient (Wildman–Crippen LogP) is 3.01. The smallest absolute Gasteiger partial charge is 0.238 e. The van der Waals surface area contributed by atoms with Gasteiger partial charge in [0.1, 0.15) is 11.5 Å². The Hall–Kier alpha value is -2.74. The molecule has 3 aromatic rings. The van der Waals surface area contributed by atoms with Crippen LogP contribution in [0.1, 0.15) is 18.3 Å². The molecule has 134 valence electrons. The minimum atomic E-state index is -0.343. The van der Waals surface area contributed by atoms with Crippen LogP contribution in [0.4, 0.5) is 5.82 Å². The first-order chi connectivity index (χ1) is 12.4. The standard InChI is InChI=1S/C18H20N6OS/c1-11-9-12(2)21-18(20-11)26-13(3)17(25)22-16-10-15(23-24(16)4)14-7-5-6-8-19-14/h5-10,13H,1-4H3,(H,22,25). The van der Waals surface area contributed by atoms with Gasteiger partial charge in [-0.1, -0.05) is 17.8 Å². The Kier molecular flexibility index (Phi) is 5.32. The molecule has 0 aliphatic carbocycles. The summed E-state index contributed by atoms with van der Waals surface area (Å²) in [4.78, 5) is 25.6. The Bertz CT molecular complexity index is 904. The zero-order valence-electron chi connectivity index (χ0n) is 15.1. The first-order valence-electron chi connectivity index (χ1n) is 8.17. The molecule has 7 nitrogen and oxygen atoms in total. The first-order valence-corrected chi connectivity index (χ1v) is 9.05. The minimum Gasteiger partial charge on any atom is -0.310 e. The fourth-order valence-electron chi connectivity index (χ4n) is 2.41. The van der Waals surface area contributed by atoms with E-state index in [0.29, 0.717) is 16.7 Å². The summed E-state index contributed by atoms with van der Waals surface area (Å²) in [6.45, 7) is 5.66. The molecule has 3 aromatic heterocycles. The summed E-state index contributed by atoms with van der Waals surface area (Å²) in [5.74, 6) is 0.484. The topological polar surface area (TPSA) is 85.6 Å². The summed E-state index contributed by atoms with van der Waals surface area (Å²) in [5, 5.41) is 7.57. The average molecular weight is 368 g/mol. The van der Waals surface area contributed by atoms with Crippen molar-refractivity contribution in [2.24, 2.45) is 7.05 Å². The number of aryl methyl sites for hydroxylation is 3. The van der Waals surface area contributed by atoms with Crippen molar-refractivity contribution in [1.82, 2.24) is 24.7 Å². The number of amides is 1. The lowest BCUT2D eigenvalue weighted by molar-refractivity contribution is -0.115. The van der Waals surface area contributed by atoms with E-state index in [9.17, 15) is 4.79 Å². The first kappa shape index (κ1) is 18.1. The van der Waals surface area contributed by atoms with Crippen LogP contribution in [-0.2, 0) is 11.8 Å². The van der Waals surface area contributed by atoms with Crippen LogP contribution < -0.4 is 5.32 Å². The van der Waals surface area contributed by atoms with E-state index >= 15 is 0 Å². The molecular formula is C18H20N6OS. The van der Waals surface area contributed by atoms with Crippen LogP contribution in [0.5, 0.6) is 0 Å². The van der Waals surface area contributed by atoms with Crippen molar-refractivity contribution in [3.05, 3.63) is 47.9 Å². The van der Waals surface area contributed by atoms with Crippen molar-refractivity contribution in [3.8, 4) is 11.4 Å². The van der Waals surface area contributed by atoms with E-state index in [-0.39, 0.29) is 11.2 Å². The molecular weight excluding hydrogens is 348 g/mol. The molecule has 0 aliphatic rings. The SMILES string of the molecule is Cc1cc(C)nc(SC(C)C(=O)Nc2cc(-c3ccccn3)nn2C)n1. The Morgan fingerprint density at radius 1 is 1.15 bits per heavy atom. The maximum Gasteiger partial charge on any atom is 0.238 e. The van der Waals surface area contributed by atoms with Crippen LogP contribution in [0, 0.1) is 13.8 Å². The van der Waals surface area contributed by atoms with Crippen molar-refractivity contribution in [2.75, 3.05) is 5.32 Å². The third-order valence-corrected chi connectivity index (χ3v) is 4.63. The summed E-state index contributed by atoms with van der Waals surface area (Å²) >= 11 is 1.33. The number of carbonyl (C=O) groups is 1. The van der Waals surface area contributed by atoms with Gasteiger partial charge in [-0.2, -0.15) is 5.10 Å². The van der Waals surface area contributed by atoms with Gasteiger partial charge in [-0.25, -0.2) is 9.97 Å². The predicted molar refractivity (Wildman–Crippen MR) is 102 cm³/mol. The fraction of sp³-hybridized carbons (Fsp3) is 0.278. The summed E-state index contributed by atoms with van der Waals surface area (Å²) in [6.07, 6.45) is 1.71. The Labute approximate surface area is 156 Å². The lowest BCUT2D eigenvalue weighted by atomic mass is 10.3. The number of rotatable bonds is 5. The second kappa shape index (κ2) is 7.65. The molecule has 1 unspecified atom stereocenters. The van der Waals surface area contributed by atoms with Gasteiger partial charge in [-0.3, -0.25) is 14.5 Å². The highest BCUT2D eigenvalue weighted by Gasteiger charge is 2.18. The molecule has 0 saturated heterocycles. The van der Waals surface area contributed by atoms with Crippen molar-refractivity contribution in [3.63, 3.8) is 0 Å². The number of hydrogen-bond acceptors (Lipinski definition) is 6. The van der Waals surface area contributed by atoms with Crippen LogP contribution in [-0.4, -0.2) is 35.9 Å². The second-order valence-corrected chi connectivity index (χ2v) is 7.24. The van der Waals surface area contributed by atoms with Gasteiger partial charge in [-0.05, 0) is 39.0 Å². The molecule has 0 spiro atoms. The second-order valence-electron chi connectivity index (χ2n) is 5.94. The number of thioether (sulfide) groups is 1. The third kappa shape index (κ3) is 4.26. The maximum atomic E-state index is 12.5. The molecule has 8 heteroatoms. The van der Waals surface area contributed by atoms with Gasteiger partial charge in [-0.15, -0.1) is 0 Å². The van der Waals surface area contributed by atoms with E-state index in [4.69, 9.17) is 0 Å². The van der Waals surface area contributed by atoms with E-state index in [1.54, 1.807) is 17.9 Å². The van der Waals surface area contributed by atoms with E-state index < -0.39 is 0 Å². The molecule has 0 fully saturated rings. The zero-order chi connectivity index (χ0) is 18.7. The van der Waals surface area contributed by atoms with Gasteiger partial charge in [0.25, 0.3) is 0 Å². The van der Waals surface area contributed by atoms with Crippen molar-refractivity contribution in [1.29, 1.82) is 0 Å². The van der Waals surface area contributed by atoms with Gasteiger partial charge in [0.15, 0.2) is 5.16 Å². The van der Waals surface area contributed by atoms with Gasteiger partial charge in [0.05, 0.1) is 10.9 Å². The van der Waals surface area contributed by atoms with E-state index in [1.807, 2.05) is 51.1 Å². The molecule has 3 heterocycles. The molecule has 0 aliphatic heterocycles. The molecule has 0 radical (unpaired) electrons. The number of anilines is 1. The number of hydrogen-bond donors (Lipinski definition) is 1. The highest BCUT2D eigenvalue weighted by Crippen LogP contribution is 2.23. The van der Waals surface area contributed by atoms with E-state index in [1.165, 1.54) is 11.8 Å².